The summed E-state index contributed by atoms with van der Waals surface area (Å²) < 4.78 is 0. The van der Waals surface area contributed by atoms with Crippen LogP contribution < -0.4 is 10.6 Å². The predicted octanol–water partition coefficient (Wildman–Crippen LogP) is 3.00. The van der Waals surface area contributed by atoms with E-state index >= 15 is 0 Å². The summed E-state index contributed by atoms with van der Waals surface area (Å²) in [6.07, 6.45) is 2.25. The van der Waals surface area contributed by atoms with Crippen LogP contribution in [0.2, 0.25) is 0 Å². The maximum absolute atomic E-state index is 12.8. The Labute approximate surface area is 161 Å². The monoisotopic (exact) mass is 385 g/mol. The number of hydrogen-bond acceptors (Lipinski definition) is 5. The number of nitrogens with one attached hydrogen (secondary N) is 3. The zero-order valence-electron chi connectivity index (χ0n) is 15.8. The Balaban J connectivity index is 1.78. The highest BCUT2D eigenvalue weighted by Crippen LogP contribution is 2.28. The molecule has 2 amide bonds. The second-order valence-electron chi connectivity index (χ2n) is 7.47. The Morgan fingerprint density at radius 2 is 1.96 bits per heavy atom. The molecule has 8 heteroatoms. The molecule has 3 N–H and O–H groups in total. The molecule has 142 valence electrons. The fraction of sp³-hybridized carbons (Fsp3) is 0.368. The number of aromatic amines is 1. The molecule has 0 saturated carbocycles. The normalized spacial score (nSPS) is 12.7. The Morgan fingerprint density at radius 3 is 2.63 bits per heavy atom. The first-order chi connectivity index (χ1) is 12.7. The molecule has 7 nitrogen and oxygen atoms in total. The van der Waals surface area contributed by atoms with Gasteiger partial charge in [0.05, 0.1) is 0 Å². The van der Waals surface area contributed by atoms with Crippen LogP contribution in [0.5, 0.6) is 0 Å². The van der Waals surface area contributed by atoms with Gasteiger partial charge in [-0.25, -0.2) is 0 Å². The van der Waals surface area contributed by atoms with E-state index in [1.54, 1.807) is 0 Å². The second kappa shape index (κ2) is 7.48. The molecule has 2 heterocycles. The van der Waals surface area contributed by atoms with Crippen LogP contribution in [0.3, 0.4) is 0 Å². The highest BCUT2D eigenvalue weighted by Gasteiger charge is 2.24. The molecular weight excluding hydrogens is 362 g/mol. The van der Waals surface area contributed by atoms with Crippen molar-refractivity contribution in [3.8, 4) is 0 Å². The number of hydrogen-bond donors (Lipinski definition) is 3. The summed E-state index contributed by atoms with van der Waals surface area (Å²) in [4.78, 5) is 27.6. The molecule has 27 heavy (non-hydrogen) atoms. The van der Waals surface area contributed by atoms with Crippen LogP contribution >= 0.6 is 11.3 Å². The molecule has 0 fully saturated rings. The molecule has 1 unspecified atom stereocenters. The van der Waals surface area contributed by atoms with E-state index in [0.29, 0.717) is 11.6 Å². The standard InChI is InChI=1S/C19H23N5O2S/c1-11(25)21-15(9-12-10-20-14-8-6-5-7-13(12)14)16(26)22-18-24-23-17(27-18)19(2,3)4/h5-8,10,15,20H,9H2,1-4H3,(H,21,25)(H,22,24,26). The minimum atomic E-state index is -0.705. The van der Waals surface area contributed by atoms with Gasteiger partial charge in [-0.3, -0.25) is 14.9 Å². The minimum Gasteiger partial charge on any atom is -0.361 e. The Hall–Kier alpha value is -2.74. The SMILES string of the molecule is CC(=O)NC(Cc1c[nH]c2ccccc12)C(=O)Nc1nnc(C(C)(C)C)s1. The molecule has 3 aromatic rings. The van der Waals surface area contributed by atoms with Crippen LogP contribution in [0.4, 0.5) is 5.13 Å². The van der Waals surface area contributed by atoms with Crippen molar-refractivity contribution in [3.05, 3.63) is 41.0 Å². The molecule has 0 aliphatic rings. The van der Waals surface area contributed by atoms with Crippen LogP contribution in [0.25, 0.3) is 10.9 Å². The number of nitrogens with zero attached hydrogens (tertiary/aromatic N) is 2. The highest BCUT2D eigenvalue weighted by atomic mass is 32.1. The molecule has 0 bridgehead atoms. The van der Waals surface area contributed by atoms with Gasteiger partial charge in [0.1, 0.15) is 11.0 Å². The number of rotatable bonds is 5. The maximum Gasteiger partial charge on any atom is 0.249 e. The van der Waals surface area contributed by atoms with Crippen LogP contribution in [0.15, 0.2) is 30.5 Å². The second-order valence-corrected chi connectivity index (χ2v) is 8.45. The van der Waals surface area contributed by atoms with Crippen molar-refractivity contribution in [2.75, 3.05) is 5.32 Å². The van der Waals surface area contributed by atoms with Crippen molar-refractivity contribution in [2.45, 2.75) is 45.6 Å². The number of para-hydroxylation sites is 1. The average molecular weight is 385 g/mol. The number of benzene rings is 1. The average Bonchev–Trinajstić information content (AvgIpc) is 3.21. The lowest BCUT2D eigenvalue weighted by Crippen LogP contribution is -2.44. The van der Waals surface area contributed by atoms with Gasteiger partial charge in [-0.15, -0.1) is 10.2 Å². The molecular formula is C19H23N5O2S. The van der Waals surface area contributed by atoms with Gasteiger partial charge in [-0.1, -0.05) is 50.3 Å². The molecule has 0 aliphatic heterocycles. The number of carbonyl (C=O) groups is 2. The molecule has 0 aliphatic carbocycles. The maximum atomic E-state index is 12.8. The van der Waals surface area contributed by atoms with Crippen molar-refractivity contribution in [3.63, 3.8) is 0 Å². The zero-order chi connectivity index (χ0) is 19.6. The van der Waals surface area contributed by atoms with E-state index in [4.69, 9.17) is 0 Å². The molecule has 0 radical (unpaired) electrons. The number of fused-ring (bicyclic) bond motifs is 1. The summed E-state index contributed by atoms with van der Waals surface area (Å²) in [5.74, 6) is -0.574. The number of carbonyl (C=O) groups excluding carboxylic acids is 2. The summed E-state index contributed by atoms with van der Waals surface area (Å²) in [7, 11) is 0. The first-order valence-electron chi connectivity index (χ1n) is 8.71. The summed E-state index contributed by atoms with van der Waals surface area (Å²) in [6, 6.07) is 7.15. The molecule has 1 atom stereocenters. The Bertz CT molecular complexity index is 970. The number of aromatic nitrogens is 3. The molecule has 3 rings (SSSR count). The summed E-state index contributed by atoms with van der Waals surface area (Å²) in [5.41, 5.74) is 1.82. The molecule has 0 spiro atoms. The van der Waals surface area contributed by atoms with Gasteiger partial charge < -0.3 is 10.3 Å². The fourth-order valence-electron chi connectivity index (χ4n) is 2.74. The third kappa shape index (κ3) is 4.51. The van der Waals surface area contributed by atoms with Crippen LogP contribution in [0, 0.1) is 0 Å². The van der Waals surface area contributed by atoms with Crippen molar-refractivity contribution in [1.82, 2.24) is 20.5 Å². The van der Waals surface area contributed by atoms with E-state index in [2.05, 4.69) is 25.8 Å². The molecule has 0 saturated heterocycles. The smallest absolute Gasteiger partial charge is 0.249 e. The molecule has 2 aromatic heterocycles. The summed E-state index contributed by atoms with van der Waals surface area (Å²) in [6.45, 7) is 7.51. The van der Waals surface area contributed by atoms with Gasteiger partial charge in [0.15, 0.2) is 0 Å². The van der Waals surface area contributed by atoms with Gasteiger partial charge in [0.2, 0.25) is 16.9 Å². The first kappa shape index (κ1) is 19.0. The van der Waals surface area contributed by atoms with Crippen molar-refractivity contribution in [2.24, 2.45) is 0 Å². The van der Waals surface area contributed by atoms with E-state index in [1.165, 1.54) is 18.3 Å². The lowest BCUT2D eigenvalue weighted by atomic mass is 9.98. The van der Waals surface area contributed by atoms with E-state index in [1.807, 2.05) is 51.2 Å². The predicted molar refractivity (Wildman–Crippen MR) is 107 cm³/mol. The van der Waals surface area contributed by atoms with Gasteiger partial charge >= 0.3 is 0 Å². The van der Waals surface area contributed by atoms with Crippen LogP contribution in [-0.4, -0.2) is 33.0 Å². The van der Waals surface area contributed by atoms with E-state index in [9.17, 15) is 9.59 Å². The van der Waals surface area contributed by atoms with E-state index in [-0.39, 0.29) is 17.2 Å². The highest BCUT2D eigenvalue weighted by molar-refractivity contribution is 7.15. The first-order valence-corrected chi connectivity index (χ1v) is 9.52. The van der Waals surface area contributed by atoms with Gasteiger partial charge in [-0.05, 0) is 11.6 Å². The topological polar surface area (TPSA) is 99.8 Å². The Morgan fingerprint density at radius 1 is 1.22 bits per heavy atom. The third-order valence-electron chi connectivity index (χ3n) is 4.09. The van der Waals surface area contributed by atoms with Crippen LogP contribution in [0.1, 0.15) is 38.3 Å². The van der Waals surface area contributed by atoms with Crippen molar-refractivity contribution in [1.29, 1.82) is 0 Å². The number of H-pyrrole nitrogens is 1. The summed E-state index contributed by atoms with van der Waals surface area (Å²) in [5, 5.41) is 16.0. The quantitative estimate of drug-likeness (QED) is 0.628. The van der Waals surface area contributed by atoms with Crippen molar-refractivity contribution >= 4 is 39.2 Å². The van der Waals surface area contributed by atoms with Crippen molar-refractivity contribution < 1.29 is 9.59 Å². The fourth-order valence-corrected chi connectivity index (χ4v) is 3.55. The third-order valence-corrected chi connectivity index (χ3v) is 5.35. The zero-order valence-corrected chi connectivity index (χ0v) is 16.6. The van der Waals surface area contributed by atoms with Gasteiger partial charge in [0.25, 0.3) is 0 Å². The van der Waals surface area contributed by atoms with E-state index in [0.717, 1.165) is 21.5 Å². The number of amides is 2. The number of anilines is 1. The largest absolute Gasteiger partial charge is 0.361 e. The minimum absolute atomic E-state index is 0.137. The molecule has 1 aromatic carbocycles. The Kier molecular flexibility index (Phi) is 5.27. The van der Waals surface area contributed by atoms with Gasteiger partial charge in [-0.2, -0.15) is 0 Å². The summed E-state index contributed by atoms with van der Waals surface area (Å²) >= 11 is 1.34. The lowest BCUT2D eigenvalue weighted by molar-refractivity contribution is -0.125. The van der Waals surface area contributed by atoms with Crippen LogP contribution in [-0.2, 0) is 21.4 Å². The lowest BCUT2D eigenvalue weighted by Gasteiger charge is -2.16. The van der Waals surface area contributed by atoms with E-state index < -0.39 is 6.04 Å². The van der Waals surface area contributed by atoms with Gasteiger partial charge in [0, 0.05) is 35.9 Å².